The standard InChI is InChI=1S/C28H28N6O4S.C28H26N6O3S/c1-3-20-14-22(38-21-8-6-19(16-29)7-9-21)15-24(20)28(35)33-32-26-17-30-27-25(31-26)12-13-34(27)39(36,37)23-10-4-18(2)5-11-23;1-3-20-14-22(37-21-8-6-19(16-29)7-9-21)15-24(20)27-32-31-26-17-30-28-25(34(26)27)12-13-33(28)38(35,36)23-10-4-18(2)5-11-23/h4-13,17,20,22,24H,3,14-15H2,1-2H3,(H,31,32)(H,33,35);4-13,17,20,22,24H,3,14-15H2,1-2H3/t20-,22-,24+;20-,22-,24?/m11/s1. The van der Waals surface area contributed by atoms with Crippen LogP contribution in [0.3, 0.4) is 0 Å². The van der Waals surface area contributed by atoms with Crippen LogP contribution < -0.4 is 20.3 Å². The van der Waals surface area contributed by atoms with Gasteiger partial charge in [0.1, 0.15) is 22.8 Å². The second-order valence-electron chi connectivity index (χ2n) is 19.4. The number of nitriles is 2. The Kier molecular flexibility index (Phi) is 14.5. The van der Waals surface area contributed by atoms with Crippen LogP contribution in [-0.4, -0.2) is 72.4 Å². The number of carbonyl (C=O) groups is 1. The summed E-state index contributed by atoms with van der Waals surface area (Å²) in [5.41, 5.74) is 10.8. The lowest BCUT2D eigenvalue weighted by Crippen LogP contribution is -2.37. The molecule has 77 heavy (non-hydrogen) atoms. The molecule has 0 aliphatic heterocycles. The molecule has 1 amide bonds. The largest absolute Gasteiger partial charge is 0.490 e. The molecule has 6 atom stereocenters. The summed E-state index contributed by atoms with van der Waals surface area (Å²) in [5.74, 6) is 2.64. The number of carbonyl (C=O) groups excluding carboxylic acids is 1. The molecule has 0 spiro atoms. The lowest BCUT2D eigenvalue weighted by atomic mass is 9.93. The number of fused-ring (bicyclic) bond motifs is 4. The van der Waals surface area contributed by atoms with E-state index >= 15 is 0 Å². The van der Waals surface area contributed by atoms with Gasteiger partial charge in [0, 0.05) is 24.2 Å². The van der Waals surface area contributed by atoms with Crippen molar-refractivity contribution in [2.45, 2.75) is 94.1 Å². The summed E-state index contributed by atoms with van der Waals surface area (Å²) in [6.45, 7) is 8.02. The van der Waals surface area contributed by atoms with Crippen LogP contribution in [0.15, 0.2) is 144 Å². The molecular weight excluding hydrogens is 1020 g/mol. The summed E-state index contributed by atoms with van der Waals surface area (Å²) in [5, 5.41) is 26.9. The highest BCUT2D eigenvalue weighted by atomic mass is 32.2. The van der Waals surface area contributed by atoms with E-state index in [0.29, 0.717) is 51.5 Å². The Morgan fingerprint density at radius 2 is 1.18 bits per heavy atom. The molecule has 2 N–H and O–H groups in total. The first-order valence-corrected chi connectivity index (χ1v) is 28.1. The van der Waals surface area contributed by atoms with Crippen LogP contribution in [0.1, 0.15) is 86.4 Å². The number of aryl methyl sites for hydroxylation is 2. The zero-order chi connectivity index (χ0) is 54.0. The topological polar surface area (TPSA) is 254 Å². The second-order valence-corrected chi connectivity index (χ2v) is 23.0. The molecule has 2 aliphatic carbocycles. The predicted octanol–water partition coefficient (Wildman–Crippen LogP) is 9.02. The smallest absolute Gasteiger partial charge is 0.269 e. The van der Waals surface area contributed by atoms with E-state index in [9.17, 15) is 21.6 Å². The Morgan fingerprint density at radius 1 is 0.649 bits per heavy atom. The van der Waals surface area contributed by atoms with E-state index in [0.717, 1.165) is 58.8 Å². The van der Waals surface area contributed by atoms with Crippen LogP contribution in [0, 0.1) is 54.3 Å². The number of hydrogen-bond donors (Lipinski definition) is 2. The van der Waals surface area contributed by atoms with Gasteiger partial charge in [0.05, 0.1) is 63.2 Å². The number of hydrogen-bond acceptors (Lipinski definition) is 15. The van der Waals surface area contributed by atoms with E-state index in [4.69, 9.17) is 20.0 Å². The molecule has 5 heterocycles. The number of aromatic nitrogens is 8. The van der Waals surface area contributed by atoms with Crippen molar-refractivity contribution in [1.82, 2.24) is 42.9 Å². The van der Waals surface area contributed by atoms with Gasteiger partial charge >= 0.3 is 0 Å². The lowest BCUT2D eigenvalue weighted by molar-refractivity contribution is -0.125. The van der Waals surface area contributed by atoms with Gasteiger partial charge < -0.3 is 9.47 Å². The average Bonchev–Trinajstić information content (AvgIpc) is 4.40. The van der Waals surface area contributed by atoms with E-state index in [2.05, 4.69) is 62.0 Å². The number of rotatable bonds is 14. The van der Waals surface area contributed by atoms with Gasteiger partial charge in [-0.15, -0.1) is 10.2 Å². The fourth-order valence-corrected chi connectivity index (χ4v) is 13.0. The normalized spacial score (nSPS) is 19.3. The molecule has 4 aromatic carbocycles. The molecule has 11 rings (SSSR count). The van der Waals surface area contributed by atoms with Gasteiger partial charge in [-0.3, -0.25) is 20.0 Å². The molecule has 0 bridgehead atoms. The van der Waals surface area contributed by atoms with Crippen LogP contribution in [0.4, 0.5) is 5.82 Å². The van der Waals surface area contributed by atoms with Gasteiger partial charge in [-0.05, 0) is 136 Å². The Balaban J connectivity index is 0.000000175. The summed E-state index contributed by atoms with van der Waals surface area (Å²) in [6, 6.07) is 35.0. The number of nitrogens with one attached hydrogen (secondary N) is 2. The van der Waals surface area contributed by atoms with Crippen LogP contribution in [-0.2, 0) is 24.8 Å². The monoisotopic (exact) mass is 1070 g/mol. The third-order valence-corrected chi connectivity index (χ3v) is 17.8. The maximum absolute atomic E-state index is 13.4. The predicted molar refractivity (Wildman–Crippen MR) is 287 cm³/mol. The molecule has 0 radical (unpaired) electrons. The SMILES string of the molecule is CC[C@@H]1C[C@@H](Oc2ccc(C#N)cc2)CC1c1nnc2cnc3c(ccn3S(=O)(=O)c3ccc(C)cc3)n12.CC[C@@H]1C[C@@H](Oc2ccc(C#N)cc2)C[C@@H]1C(=O)NNc1cnc2c(ccn2S(=O)(=O)c2ccc(C)cc2)n1. The van der Waals surface area contributed by atoms with Crippen molar-refractivity contribution < 1.29 is 31.1 Å². The quantitative estimate of drug-likeness (QED) is 0.0963. The molecule has 2 fully saturated rings. The number of ether oxygens (including phenoxy) is 2. The molecule has 5 aromatic heterocycles. The summed E-state index contributed by atoms with van der Waals surface area (Å²) < 4.78 is 69.7. The third-order valence-electron chi connectivity index (χ3n) is 14.5. The fraction of sp³-hybridized carbons (Fsp3) is 0.286. The van der Waals surface area contributed by atoms with Crippen molar-refractivity contribution in [3.05, 3.63) is 162 Å². The molecule has 19 nitrogen and oxygen atoms in total. The zero-order valence-corrected chi connectivity index (χ0v) is 44.2. The van der Waals surface area contributed by atoms with E-state index in [1.165, 1.54) is 16.4 Å². The van der Waals surface area contributed by atoms with Gasteiger partial charge in [0.15, 0.2) is 22.8 Å². The van der Waals surface area contributed by atoms with Gasteiger partial charge in [0.2, 0.25) is 5.91 Å². The van der Waals surface area contributed by atoms with Crippen molar-refractivity contribution in [2.24, 2.45) is 17.8 Å². The van der Waals surface area contributed by atoms with Crippen LogP contribution in [0.25, 0.3) is 28.0 Å². The fourth-order valence-electron chi connectivity index (χ4n) is 10.4. The molecule has 1 unspecified atom stereocenters. The first kappa shape index (κ1) is 51.8. The highest BCUT2D eigenvalue weighted by Crippen LogP contribution is 2.43. The Morgan fingerprint density at radius 3 is 1.75 bits per heavy atom. The van der Waals surface area contributed by atoms with Crippen LogP contribution >= 0.6 is 0 Å². The van der Waals surface area contributed by atoms with E-state index < -0.39 is 20.0 Å². The van der Waals surface area contributed by atoms with E-state index in [1.54, 1.807) is 109 Å². The Hall–Kier alpha value is -8.66. The second kappa shape index (κ2) is 21.5. The van der Waals surface area contributed by atoms with Crippen molar-refractivity contribution in [1.29, 1.82) is 10.5 Å². The number of anilines is 1. The van der Waals surface area contributed by atoms with Crippen LogP contribution in [0.2, 0.25) is 0 Å². The minimum absolute atomic E-state index is 0.00548. The van der Waals surface area contributed by atoms with Crippen molar-refractivity contribution in [2.75, 3.05) is 5.43 Å². The number of hydrazine groups is 1. The highest BCUT2D eigenvalue weighted by Gasteiger charge is 2.40. The summed E-state index contributed by atoms with van der Waals surface area (Å²) in [6.07, 6.45) is 10.5. The molecule has 2 saturated carbocycles. The lowest BCUT2D eigenvalue weighted by Gasteiger charge is -2.17. The molecule has 392 valence electrons. The van der Waals surface area contributed by atoms with Gasteiger partial charge in [0.25, 0.3) is 20.0 Å². The molecular formula is C56H54N12O7S2. The summed E-state index contributed by atoms with van der Waals surface area (Å²) in [4.78, 5) is 26.6. The maximum atomic E-state index is 13.4. The highest BCUT2D eigenvalue weighted by molar-refractivity contribution is 7.90. The van der Waals surface area contributed by atoms with E-state index in [1.807, 2.05) is 30.4 Å². The average molecular weight is 1070 g/mol. The zero-order valence-electron chi connectivity index (χ0n) is 42.6. The van der Waals surface area contributed by atoms with Crippen molar-refractivity contribution in [3.8, 4) is 23.6 Å². The van der Waals surface area contributed by atoms with Crippen LogP contribution in [0.5, 0.6) is 11.5 Å². The summed E-state index contributed by atoms with van der Waals surface area (Å²) >= 11 is 0. The Bertz CT molecular complexity index is 3940. The van der Waals surface area contributed by atoms with Crippen molar-refractivity contribution in [3.63, 3.8) is 0 Å². The van der Waals surface area contributed by atoms with Gasteiger partial charge in [-0.2, -0.15) is 10.5 Å². The number of amides is 1. The minimum Gasteiger partial charge on any atom is -0.490 e. The maximum Gasteiger partial charge on any atom is 0.269 e. The van der Waals surface area contributed by atoms with E-state index in [-0.39, 0.29) is 57.1 Å². The third kappa shape index (κ3) is 10.5. The summed E-state index contributed by atoms with van der Waals surface area (Å²) in [7, 11) is -7.66. The number of benzene rings is 4. The first-order chi connectivity index (χ1) is 37.2. The minimum atomic E-state index is -3.83. The molecule has 0 saturated heterocycles. The molecule has 9 aromatic rings. The van der Waals surface area contributed by atoms with Gasteiger partial charge in [-0.25, -0.2) is 39.7 Å². The number of nitrogens with zero attached hydrogens (tertiary/aromatic N) is 10. The molecule has 2 aliphatic rings. The Labute approximate surface area is 445 Å². The van der Waals surface area contributed by atoms with Crippen molar-refractivity contribution >= 4 is 59.7 Å². The molecule has 21 heteroatoms. The first-order valence-electron chi connectivity index (χ1n) is 25.3. The van der Waals surface area contributed by atoms with Gasteiger partial charge in [-0.1, -0.05) is 62.1 Å².